The van der Waals surface area contributed by atoms with Crippen LogP contribution in [0, 0.1) is 0 Å². The number of nitrogens with zero attached hydrogens (tertiary/aromatic N) is 3. The van der Waals surface area contributed by atoms with Crippen LogP contribution in [-0.4, -0.2) is 15.0 Å². The van der Waals surface area contributed by atoms with Crippen LogP contribution >= 0.6 is 27.3 Å². The van der Waals surface area contributed by atoms with Gasteiger partial charge >= 0.3 is 0 Å². The fraction of sp³-hybridized carbons (Fsp3) is 0.462. The molecule has 0 unspecified atom stereocenters. The van der Waals surface area contributed by atoms with Gasteiger partial charge in [0.1, 0.15) is 5.82 Å². The van der Waals surface area contributed by atoms with E-state index >= 15 is 0 Å². The quantitative estimate of drug-likeness (QED) is 0.898. The molecule has 0 aliphatic heterocycles. The Morgan fingerprint density at radius 1 is 1.16 bits per heavy atom. The first-order chi connectivity index (χ1) is 9.22. The topological polar surface area (TPSA) is 64.7 Å². The van der Waals surface area contributed by atoms with Gasteiger partial charge in [-0.05, 0) is 34.8 Å². The zero-order valence-corrected chi connectivity index (χ0v) is 12.9. The highest BCUT2D eigenvalue weighted by Gasteiger charge is 2.20. The molecule has 0 bridgehead atoms. The maximum absolute atomic E-state index is 5.84. The fourth-order valence-electron chi connectivity index (χ4n) is 2.49. The average molecular weight is 339 g/mol. The van der Waals surface area contributed by atoms with Gasteiger partial charge in [0, 0.05) is 15.8 Å². The van der Waals surface area contributed by atoms with E-state index < -0.39 is 0 Å². The van der Waals surface area contributed by atoms with Crippen LogP contribution in [0.5, 0.6) is 0 Å². The summed E-state index contributed by atoms with van der Waals surface area (Å²) in [6.45, 7) is 0. The van der Waals surface area contributed by atoms with E-state index in [1.54, 1.807) is 11.3 Å². The second-order valence-electron chi connectivity index (χ2n) is 4.84. The summed E-state index contributed by atoms with van der Waals surface area (Å²) >= 11 is 5.06. The van der Waals surface area contributed by atoms with Crippen molar-refractivity contribution in [2.75, 3.05) is 5.73 Å². The Morgan fingerprint density at radius 3 is 2.63 bits per heavy atom. The summed E-state index contributed by atoms with van der Waals surface area (Å²) in [7, 11) is 0. The number of hydrogen-bond acceptors (Lipinski definition) is 5. The molecule has 3 rings (SSSR count). The molecule has 0 radical (unpaired) electrons. The van der Waals surface area contributed by atoms with Crippen molar-refractivity contribution in [3.05, 3.63) is 21.7 Å². The van der Waals surface area contributed by atoms with Gasteiger partial charge in [0.15, 0.2) is 5.82 Å². The predicted molar refractivity (Wildman–Crippen MR) is 81.1 cm³/mol. The van der Waals surface area contributed by atoms with Crippen LogP contribution in [0.2, 0.25) is 0 Å². The van der Waals surface area contributed by atoms with E-state index in [0.29, 0.717) is 17.7 Å². The largest absolute Gasteiger partial charge is 0.368 e. The van der Waals surface area contributed by atoms with Gasteiger partial charge in [-0.25, -0.2) is 4.98 Å². The molecule has 0 saturated heterocycles. The van der Waals surface area contributed by atoms with Gasteiger partial charge in [0.2, 0.25) is 5.95 Å². The second kappa shape index (κ2) is 5.54. The molecule has 19 heavy (non-hydrogen) atoms. The van der Waals surface area contributed by atoms with Gasteiger partial charge < -0.3 is 5.73 Å². The summed E-state index contributed by atoms with van der Waals surface area (Å²) in [4.78, 5) is 14.2. The number of rotatable bonds is 2. The van der Waals surface area contributed by atoms with Crippen LogP contribution in [-0.2, 0) is 0 Å². The lowest BCUT2D eigenvalue weighted by atomic mass is 9.89. The van der Waals surface area contributed by atoms with Crippen LogP contribution in [0.3, 0.4) is 0 Å². The number of hydrogen-bond donors (Lipinski definition) is 1. The second-order valence-corrected chi connectivity index (χ2v) is 6.67. The van der Waals surface area contributed by atoms with Crippen LogP contribution in [0.15, 0.2) is 15.9 Å². The van der Waals surface area contributed by atoms with Crippen molar-refractivity contribution >= 4 is 33.2 Å². The lowest BCUT2D eigenvalue weighted by Gasteiger charge is -2.20. The third-order valence-corrected chi connectivity index (χ3v) is 5.12. The van der Waals surface area contributed by atoms with Gasteiger partial charge in [-0.1, -0.05) is 19.3 Å². The van der Waals surface area contributed by atoms with Gasteiger partial charge in [-0.15, -0.1) is 11.3 Å². The predicted octanol–water partition coefficient (Wildman–Crippen LogP) is 3.99. The van der Waals surface area contributed by atoms with Crippen molar-refractivity contribution < 1.29 is 0 Å². The van der Waals surface area contributed by atoms with Crippen molar-refractivity contribution in [3.63, 3.8) is 0 Å². The van der Waals surface area contributed by atoms with Crippen molar-refractivity contribution in [3.8, 4) is 10.7 Å². The molecule has 2 aromatic heterocycles. The van der Waals surface area contributed by atoms with E-state index in [2.05, 4.69) is 30.9 Å². The number of aromatic nitrogens is 3. The summed E-state index contributed by atoms with van der Waals surface area (Å²) in [5, 5.41) is 2.02. The maximum atomic E-state index is 5.84. The minimum absolute atomic E-state index is 0.329. The van der Waals surface area contributed by atoms with E-state index in [4.69, 9.17) is 5.73 Å². The number of thiophene rings is 1. The summed E-state index contributed by atoms with van der Waals surface area (Å²) in [5.74, 6) is 2.34. The van der Waals surface area contributed by atoms with Gasteiger partial charge in [-0.2, -0.15) is 9.97 Å². The summed E-state index contributed by atoms with van der Waals surface area (Å²) in [6, 6.07) is 2.02. The number of nitrogens with two attached hydrogens (primary N) is 1. The van der Waals surface area contributed by atoms with Crippen molar-refractivity contribution in [1.82, 2.24) is 15.0 Å². The minimum atomic E-state index is 0.329. The Hall–Kier alpha value is -1.01. The summed E-state index contributed by atoms with van der Waals surface area (Å²) in [5.41, 5.74) is 5.84. The molecule has 1 saturated carbocycles. The van der Waals surface area contributed by atoms with Gasteiger partial charge in [0.25, 0.3) is 0 Å². The van der Waals surface area contributed by atoms with Crippen molar-refractivity contribution in [2.24, 2.45) is 0 Å². The highest BCUT2D eigenvalue weighted by molar-refractivity contribution is 9.10. The smallest absolute Gasteiger partial charge is 0.223 e. The molecule has 2 heterocycles. The molecule has 0 atom stereocenters. The van der Waals surface area contributed by atoms with Crippen molar-refractivity contribution in [1.29, 1.82) is 0 Å². The zero-order valence-electron chi connectivity index (χ0n) is 10.5. The lowest BCUT2D eigenvalue weighted by Crippen LogP contribution is -2.12. The molecule has 1 aliphatic carbocycles. The normalized spacial score (nSPS) is 16.7. The minimum Gasteiger partial charge on any atom is -0.368 e. The number of halogens is 1. The number of nitrogen functional groups attached to an aromatic ring is 1. The van der Waals surface area contributed by atoms with Gasteiger partial charge in [0.05, 0.1) is 4.88 Å². The molecule has 2 N–H and O–H groups in total. The Morgan fingerprint density at radius 2 is 1.95 bits per heavy atom. The van der Waals surface area contributed by atoms with Crippen LogP contribution < -0.4 is 5.73 Å². The van der Waals surface area contributed by atoms with E-state index in [1.807, 2.05) is 11.4 Å². The number of anilines is 1. The first kappa shape index (κ1) is 13.0. The molecule has 2 aromatic rings. The van der Waals surface area contributed by atoms with Crippen LogP contribution in [0.4, 0.5) is 5.95 Å². The van der Waals surface area contributed by atoms with Crippen LogP contribution in [0.1, 0.15) is 43.8 Å². The SMILES string of the molecule is Nc1nc(-c2cc(Br)cs2)nc(C2CCCCC2)n1. The standard InChI is InChI=1S/C13H15BrN4S/c14-9-6-10(19-7-9)12-16-11(17-13(15)18-12)8-4-2-1-3-5-8/h6-8H,1-5H2,(H2,15,16,17,18). The average Bonchev–Trinajstić information content (AvgIpc) is 2.86. The first-order valence-corrected chi connectivity index (χ1v) is 8.15. The Bertz CT molecular complexity index is 578. The molecule has 4 nitrogen and oxygen atoms in total. The zero-order chi connectivity index (χ0) is 13.2. The Labute approximate surface area is 124 Å². The lowest BCUT2D eigenvalue weighted by molar-refractivity contribution is 0.428. The fourth-order valence-corrected chi connectivity index (χ4v) is 3.85. The molecule has 100 valence electrons. The highest BCUT2D eigenvalue weighted by Crippen LogP contribution is 2.33. The molecular weight excluding hydrogens is 324 g/mol. The maximum Gasteiger partial charge on any atom is 0.223 e. The monoisotopic (exact) mass is 338 g/mol. The molecule has 0 amide bonds. The van der Waals surface area contributed by atoms with E-state index in [1.165, 1.54) is 19.3 Å². The molecule has 1 aliphatic rings. The molecule has 0 aromatic carbocycles. The highest BCUT2D eigenvalue weighted by atomic mass is 79.9. The molecular formula is C13H15BrN4S. The molecule has 0 spiro atoms. The Balaban J connectivity index is 1.95. The van der Waals surface area contributed by atoms with E-state index in [9.17, 15) is 0 Å². The Kier molecular flexibility index (Phi) is 3.79. The van der Waals surface area contributed by atoms with E-state index in [0.717, 1.165) is 28.0 Å². The first-order valence-electron chi connectivity index (χ1n) is 6.48. The molecule has 1 fully saturated rings. The van der Waals surface area contributed by atoms with E-state index in [-0.39, 0.29) is 0 Å². The summed E-state index contributed by atoms with van der Waals surface area (Å²) < 4.78 is 1.05. The van der Waals surface area contributed by atoms with Crippen LogP contribution in [0.25, 0.3) is 10.7 Å². The van der Waals surface area contributed by atoms with Crippen molar-refractivity contribution in [2.45, 2.75) is 38.0 Å². The summed E-state index contributed by atoms with van der Waals surface area (Å²) in [6.07, 6.45) is 6.17. The van der Waals surface area contributed by atoms with Gasteiger partial charge in [-0.3, -0.25) is 0 Å². The molecule has 6 heteroatoms. The third kappa shape index (κ3) is 2.95. The third-order valence-electron chi connectivity index (χ3n) is 3.43.